The van der Waals surface area contributed by atoms with Crippen molar-refractivity contribution in [2.45, 2.75) is 148 Å². The number of ketones is 1. The van der Waals surface area contributed by atoms with Gasteiger partial charge in [-0.1, -0.05) is 52.0 Å². The summed E-state index contributed by atoms with van der Waals surface area (Å²) in [5, 5.41) is 23.1. The average Bonchev–Trinajstić information content (AvgIpc) is 3.19. The smallest absolute Gasteiger partial charge is 0.312 e. The van der Waals surface area contributed by atoms with Gasteiger partial charge in [-0.25, -0.2) is 8.78 Å². The number of likely N-dealkylation sites (N-methyl/N-ethyl adjacent to an activating group) is 1. The summed E-state index contributed by atoms with van der Waals surface area (Å²) in [5.74, 6) is -6.68. The van der Waals surface area contributed by atoms with Crippen molar-refractivity contribution in [2.75, 3.05) is 21.3 Å². The Labute approximate surface area is 347 Å². The predicted molar refractivity (Wildman–Crippen MR) is 215 cm³/mol. The van der Waals surface area contributed by atoms with Crippen LogP contribution in [0.1, 0.15) is 85.8 Å². The Morgan fingerprint density at radius 2 is 1.61 bits per heavy atom. The molecule has 1 unspecified atom stereocenters. The minimum atomic E-state index is -2.03. The summed E-state index contributed by atoms with van der Waals surface area (Å²) in [7, 11) is 4.95. The third-order valence-electron chi connectivity index (χ3n) is 12.5. The number of hydrogen-bond acceptors (Lipinski definition) is 12. The van der Waals surface area contributed by atoms with Crippen molar-refractivity contribution in [2.24, 2.45) is 23.7 Å². The number of nitrogens with zero attached hydrogens (tertiary/aromatic N) is 1. The Morgan fingerprint density at radius 1 is 0.949 bits per heavy atom. The number of ether oxygens (including phenoxy) is 6. The van der Waals surface area contributed by atoms with Crippen LogP contribution < -0.4 is 0 Å². The molecule has 14 atom stereocenters. The maximum Gasteiger partial charge on any atom is 0.312 e. The molecule has 2 aliphatic heterocycles. The Kier molecular flexibility index (Phi) is 16.8. The Bertz CT molecular complexity index is 1710. The molecule has 12 nitrogen and oxygen atoms in total. The van der Waals surface area contributed by atoms with Crippen LogP contribution in [0.15, 0.2) is 48.5 Å². The Morgan fingerprint density at radius 3 is 2.20 bits per heavy atom. The Balaban J connectivity index is 1.82. The van der Waals surface area contributed by atoms with Crippen LogP contribution in [0.3, 0.4) is 0 Å². The summed E-state index contributed by atoms with van der Waals surface area (Å²) in [6, 6.07) is 11.6. The van der Waals surface area contributed by atoms with Crippen LogP contribution in [0.4, 0.5) is 8.78 Å². The molecular weight excluding hydrogens is 768 g/mol. The molecule has 2 N–H and O–H groups in total. The first-order chi connectivity index (χ1) is 27.7. The molecule has 2 aromatic rings. The maximum absolute atomic E-state index is 14.2. The minimum absolute atomic E-state index is 0.0460. The van der Waals surface area contributed by atoms with E-state index in [9.17, 15) is 33.4 Å². The molecule has 0 radical (unpaired) electrons. The van der Waals surface area contributed by atoms with E-state index >= 15 is 0 Å². The van der Waals surface area contributed by atoms with Crippen LogP contribution in [0.2, 0.25) is 0 Å². The number of carbonyl (C=O) groups is 3. The first-order valence-corrected chi connectivity index (χ1v) is 20.6. The third-order valence-corrected chi connectivity index (χ3v) is 12.5. The van der Waals surface area contributed by atoms with Gasteiger partial charge < -0.3 is 38.6 Å². The van der Waals surface area contributed by atoms with E-state index < -0.39 is 89.4 Å². The molecule has 330 valence electrons. The second-order valence-corrected chi connectivity index (χ2v) is 17.1. The van der Waals surface area contributed by atoms with Crippen molar-refractivity contribution in [3.63, 3.8) is 0 Å². The number of Topliss-reactive ketones (excluding diaryl/α,β-unsaturated/α-hetero) is 1. The SMILES string of the molecule is CC[C@H]1OC(=O)[C@H](C)[C@@H](OC(=O)Cc2cccc(F)c2)[C@H](C)[C@@H](OC2O[C@@H](C)C[C@@H](N(C)Cc3ccc(F)cc3)[C@@H]2OC)[C@](C)(OC)C[C@@H](C)C(=O)[C@@H](C)[C@@H](O)[C@]1(C)O. The molecule has 2 saturated heterocycles. The van der Waals surface area contributed by atoms with E-state index in [1.54, 1.807) is 53.0 Å². The Hall–Kier alpha value is -3.37. The van der Waals surface area contributed by atoms with E-state index in [4.69, 9.17) is 28.4 Å². The second-order valence-electron chi connectivity index (χ2n) is 17.1. The minimum Gasteiger partial charge on any atom is -0.461 e. The highest BCUT2D eigenvalue weighted by Crippen LogP contribution is 2.40. The summed E-state index contributed by atoms with van der Waals surface area (Å²) in [6.07, 6.45) is -6.83. The molecule has 2 heterocycles. The van der Waals surface area contributed by atoms with E-state index in [2.05, 4.69) is 4.90 Å². The lowest BCUT2D eigenvalue weighted by Crippen LogP contribution is -2.61. The van der Waals surface area contributed by atoms with Gasteiger partial charge in [-0.05, 0) is 89.4 Å². The fourth-order valence-electron chi connectivity index (χ4n) is 8.96. The molecule has 2 aliphatic rings. The number of cyclic esters (lactones) is 1. The van der Waals surface area contributed by atoms with E-state index in [1.165, 1.54) is 58.2 Å². The lowest BCUT2D eigenvalue weighted by Gasteiger charge is -2.49. The monoisotopic (exact) mass is 833 g/mol. The third kappa shape index (κ3) is 11.5. The van der Waals surface area contributed by atoms with Crippen LogP contribution in [0, 0.1) is 35.3 Å². The average molecular weight is 834 g/mol. The molecule has 0 spiro atoms. The molecule has 0 amide bonds. The lowest BCUT2D eigenvalue weighted by molar-refractivity contribution is -0.306. The van der Waals surface area contributed by atoms with Gasteiger partial charge in [0.05, 0.1) is 36.3 Å². The van der Waals surface area contributed by atoms with E-state index in [0.29, 0.717) is 18.5 Å². The molecule has 59 heavy (non-hydrogen) atoms. The van der Waals surface area contributed by atoms with E-state index in [-0.39, 0.29) is 43.0 Å². The number of benzene rings is 2. The van der Waals surface area contributed by atoms with Gasteiger partial charge in [-0.3, -0.25) is 19.3 Å². The summed E-state index contributed by atoms with van der Waals surface area (Å²) >= 11 is 0. The molecule has 14 heteroatoms. The van der Waals surface area contributed by atoms with Gasteiger partial charge in [-0.2, -0.15) is 0 Å². The number of esters is 2. The number of aliphatic hydroxyl groups is 2. The van der Waals surface area contributed by atoms with Gasteiger partial charge >= 0.3 is 11.9 Å². The van der Waals surface area contributed by atoms with Crippen molar-refractivity contribution in [3.8, 4) is 0 Å². The summed E-state index contributed by atoms with van der Waals surface area (Å²) in [6.45, 7) is 13.7. The molecule has 0 saturated carbocycles. The molecule has 0 aliphatic carbocycles. The van der Waals surface area contributed by atoms with E-state index in [0.717, 1.165) is 5.56 Å². The van der Waals surface area contributed by atoms with Crippen molar-refractivity contribution in [1.29, 1.82) is 0 Å². The maximum atomic E-state index is 14.2. The van der Waals surface area contributed by atoms with Crippen molar-refractivity contribution in [3.05, 3.63) is 71.3 Å². The highest BCUT2D eigenvalue weighted by Gasteiger charge is 2.53. The zero-order chi connectivity index (χ0) is 44.0. The highest BCUT2D eigenvalue weighted by atomic mass is 19.1. The van der Waals surface area contributed by atoms with Crippen molar-refractivity contribution >= 4 is 17.7 Å². The highest BCUT2D eigenvalue weighted by molar-refractivity contribution is 5.83. The topological polar surface area (TPSA) is 150 Å². The standard InChI is InChI=1S/C45H65F2NO11/c1-12-35-45(8,53)40(51)27(4)37(50)25(2)23-44(7,55-11)41(28(5)38(29(6)42(52)57-35)58-36(49)22-31-14-13-15-33(47)21-31)59-43-39(54-10)34(20-26(3)56-43)48(9)24-30-16-18-32(46)19-17-30/h13-19,21,25-29,34-35,38-41,43,51,53H,12,20,22-24H2,1-11H3/t25-,26+,27-,28+,29-,34-,35-,38+,39+,40-,41-,43?,44-,45-/m1/s1. The number of aliphatic hydroxyl groups excluding tert-OH is 1. The van der Waals surface area contributed by atoms with Gasteiger partial charge in [0, 0.05) is 44.6 Å². The number of hydrogen-bond donors (Lipinski definition) is 2. The van der Waals surface area contributed by atoms with Gasteiger partial charge in [0.15, 0.2) is 6.29 Å². The molecule has 2 fully saturated rings. The van der Waals surface area contributed by atoms with Gasteiger partial charge in [0.1, 0.15) is 41.3 Å². The number of rotatable bonds is 11. The van der Waals surface area contributed by atoms with Crippen LogP contribution in [-0.4, -0.2) is 114 Å². The quantitative estimate of drug-likeness (QED) is 0.263. The molecule has 4 rings (SSSR count). The fourth-order valence-corrected chi connectivity index (χ4v) is 8.96. The van der Waals surface area contributed by atoms with Crippen molar-refractivity contribution in [1.82, 2.24) is 4.90 Å². The molecule has 0 bridgehead atoms. The number of carbonyl (C=O) groups excluding carboxylic acids is 3. The van der Waals surface area contributed by atoms with Crippen LogP contribution in [0.25, 0.3) is 0 Å². The number of methoxy groups -OCH3 is 2. The van der Waals surface area contributed by atoms with Crippen LogP contribution in [0.5, 0.6) is 0 Å². The van der Waals surface area contributed by atoms with Gasteiger partial charge in [0.25, 0.3) is 0 Å². The summed E-state index contributed by atoms with van der Waals surface area (Å²) in [4.78, 5) is 44.1. The zero-order valence-corrected chi connectivity index (χ0v) is 36.4. The predicted octanol–water partition coefficient (Wildman–Crippen LogP) is 5.81. The number of halogens is 2. The molecule has 2 aromatic carbocycles. The molecule has 0 aromatic heterocycles. The zero-order valence-electron chi connectivity index (χ0n) is 36.4. The lowest BCUT2D eigenvalue weighted by atomic mass is 9.74. The normalized spacial score (nSPS) is 36.5. The summed E-state index contributed by atoms with van der Waals surface area (Å²) in [5.41, 5.74) is -2.12. The first-order valence-electron chi connectivity index (χ1n) is 20.6. The van der Waals surface area contributed by atoms with E-state index in [1.807, 2.05) is 14.0 Å². The van der Waals surface area contributed by atoms with Crippen LogP contribution >= 0.6 is 0 Å². The first kappa shape index (κ1) is 48.3. The van der Waals surface area contributed by atoms with Gasteiger partial charge in [0.2, 0.25) is 0 Å². The van der Waals surface area contributed by atoms with Gasteiger partial charge in [-0.15, -0.1) is 0 Å². The summed E-state index contributed by atoms with van der Waals surface area (Å²) < 4.78 is 65.9. The second kappa shape index (κ2) is 20.5. The molecular formula is C45H65F2NO11. The van der Waals surface area contributed by atoms with Crippen molar-refractivity contribution < 1.29 is 61.8 Å². The largest absolute Gasteiger partial charge is 0.461 e. The fraction of sp³-hybridized carbons (Fsp3) is 0.667. The van der Waals surface area contributed by atoms with Crippen LogP contribution in [-0.2, 0) is 55.8 Å².